The molecule has 5 nitrogen and oxygen atoms in total. The van der Waals surface area contributed by atoms with E-state index >= 15 is 0 Å². The summed E-state index contributed by atoms with van der Waals surface area (Å²) in [6.07, 6.45) is 2.61. The molecule has 1 aromatic rings. The maximum atomic E-state index is 10.5. The van der Waals surface area contributed by atoms with Gasteiger partial charge in [0, 0.05) is 6.54 Å². The third kappa shape index (κ3) is 1.50. The molecule has 2 rings (SSSR count). The highest BCUT2D eigenvalue weighted by atomic mass is 16.4. The van der Waals surface area contributed by atoms with Crippen molar-refractivity contribution in [3.63, 3.8) is 0 Å². The van der Waals surface area contributed by atoms with Crippen LogP contribution in [0.5, 0.6) is 0 Å². The first-order chi connectivity index (χ1) is 6.68. The Morgan fingerprint density at radius 3 is 3.21 bits per heavy atom. The van der Waals surface area contributed by atoms with Gasteiger partial charge in [-0.05, 0) is 12.8 Å². The highest BCUT2D eigenvalue weighted by Crippen LogP contribution is 2.25. The Morgan fingerprint density at radius 2 is 2.50 bits per heavy atom. The molecule has 2 heterocycles. The van der Waals surface area contributed by atoms with Gasteiger partial charge in [0.2, 0.25) is 0 Å². The predicted octanol–water partition coefficient (Wildman–Crippen LogP) is 0.337. The van der Waals surface area contributed by atoms with Crippen molar-refractivity contribution in [1.82, 2.24) is 9.55 Å². The standard InChI is InChI=1S/C9H12N2O3/c12-7-2-1-3-11-6(7)5-10-8(11)4-9(13)14/h5,7,12H,1-4H2,(H,13,14). The summed E-state index contributed by atoms with van der Waals surface area (Å²) in [5.41, 5.74) is 0.743. The number of nitrogens with zero attached hydrogens (tertiary/aromatic N) is 2. The molecule has 0 bridgehead atoms. The number of hydrogen-bond acceptors (Lipinski definition) is 3. The average molecular weight is 196 g/mol. The minimum atomic E-state index is -0.890. The van der Waals surface area contributed by atoms with Crippen LogP contribution in [0.1, 0.15) is 30.5 Å². The van der Waals surface area contributed by atoms with E-state index in [4.69, 9.17) is 5.11 Å². The summed E-state index contributed by atoms with van der Waals surface area (Å²) in [7, 11) is 0. The Labute approximate surface area is 81.0 Å². The minimum Gasteiger partial charge on any atom is -0.481 e. The van der Waals surface area contributed by atoms with Crippen molar-refractivity contribution in [2.24, 2.45) is 0 Å². The Kier molecular flexibility index (Phi) is 2.25. The maximum Gasteiger partial charge on any atom is 0.311 e. The lowest BCUT2D eigenvalue weighted by atomic mass is 10.1. The molecule has 0 saturated carbocycles. The van der Waals surface area contributed by atoms with Gasteiger partial charge in [-0.2, -0.15) is 0 Å². The molecule has 0 spiro atoms. The zero-order valence-corrected chi connectivity index (χ0v) is 7.68. The van der Waals surface area contributed by atoms with Crippen LogP contribution in [0.15, 0.2) is 6.20 Å². The number of aliphatic carboxylic acids is 1. The molecule has 1 atom stereocenters. The van der Waals surface area contributed by atoms with Crippen LogP contribution in [-0.2, 0) is 17.8 Å². The Bertz CT molecular complexity index is 359. The Morgan fingerprint density at radius 1 is 1.71 bits per heavy atom. The lowest BCUT2D eigenvalue weighted by Crippen LogP contribution is -2.18. The van der Waals surface area contributed by atoms with E-state index in [-0.39, 0.29) is 6.42 Å². The van der Waals surface area contributed by atoms with Crippen molar-refractivity contribution in [3.05, 3.63) is 17.7 Å². The summed E-state index contributed by atoms with van der Waals surface area (Å²) < 4.78 is 1.81. The number of aliphatic hydroxyl groups is 1. The van der Waals surface area contributed by atoms with Crippen molar-refractivity contribution in [2.75, 3.05) is 0 Å². The summed E-state index contributed by atoms with van der Waals surface area (Å²) in [5.74, 6) is -0.357. The number of aliphatic hydroxyl groups excluding tert-OH is 1. The highest BCUT2D eigenvalue weighted by molar-refractivity contribution is 5.69. The number of rotatable bonds is 2. The molecule has 0 aliphatic carbocycles. The topological polar surface area (TPSA) is 75.3 Å². The van der Waals surface area contributed by atoms with Crippen molar-refractivity contribution in [2.45, 2.75) is 31.9 Å². The summed E-state index contributed by atoms with van der Waals surface area (Å²) >= 11 is 0. The predicted molar refractivity (Wildman–Crippen MR) is 47.8 cm³/mol. The average Bonchev–Trinajstić information content (AvgIpc) is 2.49. The van der Waals surface area contributed by atoms with E-state index in [2.05, 4.69) is 4.98 Å². The van der Waals surface area contributed by atoms with Gasteiger partial charge in [-0.3, -0.25) is 4.79 Å². The first kappa shape index (κ1) is 9.21. The third-order valence-electron chi connectivity index (χ3n) is 2.48. The van der Waals surface area contributed by atoms with Crippen LogP contribution >= 0.6 is 0 Å². The number of aromatic nitrogens is 2. The molecule has 1 unspecified atom stereocenters. The minimum absolute atomic E-state index is 0.0767. The van der Waals surface area contributed by atoms with Crippen LogP contribution in [0.25, 0.3) is 0 Å². The van der Waals surface area contributed by atoms with Gasteiger partial charge in [0.05, 0.1) is 18.0 Å². The van der Waals surface area contributed by atoms with Crippen molar-refractivity contribution < 1.29 is 15.0 Å². The van der Waals surface area contributed by atoms with E-state index in [1.54, 1.807) is 6.20 Å². The quantitative estimate of drug-likeness (QED) is 0.715. The molecule has 1 aliphatic rings. The fourth-order valence-electron chi connectivity index (χ4n) is 1.82. The molecule has 0 aromatic carbocycles. The summed E-state index contributed by atoms with van der Waals surface area (Å²) in [4.78, 5) is 14.5. The van der Waals surface area contributed by atoms with Crippen LogP contribution in [-0.4, -0.2) is 25.7 Å². The van der Waals surface area contributed by atoms with E-state index in [0.29, 0.717) is 5.82 Å². The Balaban J connectivity index is 2.31. The van der Waals surface area contributed by atoms with Crippen LogP contribution in [0.4, 0.5) is 0 Å². The summed E-state index contributed by atoms with van der Waals surface area (Å²) in [6.45, 7) is 0.759. The number of carboxylic acids is 1. The summed E-state index contributed by atoms with van der Waals surface area (Å²) in [5, 5.41) is 18.2. The van der Waals surface area contributed by atoms with Gasteiger partial charge >= 0.3 is 5.97 Å². The second-order valence-corrected chi connectivity index (χ2v) is 3.48. The van der Waals surface area contributed by atoms with Crippen molar-refractivity contribution >= 4 is 5.97 Å². The molecule has 0 radical (unpaired) electrons. The second kappa shape index (κ2) is 3.42. The molecular formula is C9H12N2O3. The monoisotopic (exact) mass is 196 g/mol. The van der Waals surface area contributed by atoms with Crippen LogP contribution in [0, 0.1) is 0 Å². The first-order valence-electron chi connectivity index (χ1n) is 4.62. The van der Waals surface area contributed by atoms with Gasteiger partial charge in [-0.15, -0.1) is 0 Å². The molecule has 76 valence electrons. The maximum absolute atomic E-state index is 10.5. The largest absolute Gasteiger partial charge is 0.481 e. The lowest BCUT2D eigenvalue weighted by Gasteiger charge is -2.20. The van der Waals surface area contributed by atoms with Gasteiger partial charge in [-0.25, -0.2) is 4.98 Å². The highest BCUT2D eigenvalue weighted by Gasteiger charge is 2.21. The molecule has 2 N–H and O–H groups in total. The molecule has 0 fully saturated rings. The third-order valence-corrected chi connectivity index (χ3v) is 2.48. The second-order valence-electron chi connectivity index (χ2n) is 3.48. The smallest absolute Gasteiger partial charge is 0.311 e. The molecule has 14 heavy (non-hydrogen) atoms. The number of carbonyl (C=O) groups is 1. The molecule has 0 saturated heterocycles. The van der Waals surface area contributed by atoms with Gasteiger partial charge in [0.1, 0.15) is 12.2 Å². The molecule has 1 aromatic heterocycles. The van der Waals surface area contributed by atoms with Gasteiger partial charge in [-0.1, -0.05) is 0 Å². The molecule has 5 heteroatoms. The van der Waals surface area contributed by atoms with E-state index in [1.807, 2.05) is 4.57 Å². The van der Waals surface area contributed by atoms with Crippen LogP contribution in [0.2, 0.25) is 0 Å². The van der Waals surface area contributed by atoms with E-state index in [9.17, 15) is 9.90 Å². The van der Waals surface area contributed by atoms with Crippen LogP contribution < -0.4 is 0 Å². The number of imidazole rings is 1. The lowest BCUT2D eigenvalue weighted by molar-refractivity contribution is -0.136. The number of fused-ring (bicyclic) bond motifs is 1. The van der Waals surface area contributed by atoms with E-state index in [0.717, 1.165) is 25.1 Å². The molecule has 0 amide bonds. The van der Waals surface area contributed by atoms with E-state index in [1.165, 1.54) is 0 Å². The van der Waals surface area contributed by atoms with Gasteiger partial charge < -0.3 is 14.8 Å². The SMILES string of the molecule is O=C(O)Cc1ncc2n1CCCC2O. The van der Waals surface area contributed by atoms with Gasteiger partial charge in [0.15, 0.2) is 0 Å². The first-order valence-corrected chi connectivity index (χ1v) is 4.62. The fraction of sp³-hybridized carbons (Fsp3) is 0.556. The van der Waals surface area contributed by atoms with Crippen molar-refractivity contribution in [1.29, 1.82) is 0 Å². The van der Waals surface area contributed by atoms with Crippen LogP contribution in [0.3, 0.4) is 0 Å². The molecule has 1 aliphatic heterocycles. The normalized spacial score (nSPS) is 20.5. The Hall–Kier alpha value is -1.36. The van der Waals surface area contributed by atoms with Crippen molar-refractivity contribution in [3.8, 4) is 0 Å². The number of carboxylic acid groups (broad SMARTS) is 1. The van der Waals surface area contributed by atoms with E-state index < -0.39 is 12.1 Å². The van der Waals surface area contributed by atoms with Gasteiger partial charge in [0.25, 0.3) is 0 Å². The zero-order valence-electron chi connectivity index (χ0n) is 7.68. The molecular weight excluding hydrogens is 184 g/mol. The number of hydrogen-bond donors (Lipinski definition) is 2. The zero-order chi connectivity index (χ0) is 10.1. The fourth-order valence-corrected chi connectivity index (χ4v) is 1.82. The summed E-state index contributed by atoms with van der Waals surface area (Å²) in [6, 6.07) is 0.